The van der Waals surface area contributed by atoms with Gasteiger partial charge >= 0.3 is 0 Å². The van der Waals surface area contributed by atoms with Crippen molar-refractivity contribution in [2.75, 3.05) is 6.26 Å². The molecule has 1 aromatic heterocycles. The van der Waals surface area contributed by atoms with E-state index < -0.39 is 5.24 Å². The second-order valence-electron chi connectivity index (χ2n) is 3.19. The average molecular weight is 241 g/mol. The number of rotatable bonds is 2. The zero-order valence-corrected chi connectivity index (χ0v) is 9.91. The van der Waals surface area contributed by atoms with Gasteiger partial charge in [0.25, 0.3) is 5.24 Å². The first-order valence-corrected chi connectivity index (χ1v) is 6.00. The van der Waals surface area contributed by atoms with Crippen LogP contribution < -0.4 is 0 Å². The largest absolute Gasteiger partial charge is 0.460 e. The Kier molecular flexibility index (Phi) is 2.76. The molecule has 0 spiro atoms. The van der Waals surface area contributed by atoms with Crippen LogP contribution in [0.3, 0.4) is 0 Å². The number of carbonyl (C=O) groups excluding carboxylic acids is 1. The summed E-state index contributed by atoms with van der Waals surface area (Å²) >= 11 is 7.08. The van der Waals surface area contributed by atoms with Gasteiger partial charge in [-0.3, -0.25) is 4.79 Å². The summed E-state index contributed by atoms with van der Waals surface area (Å²) in [5.41, 5.74) is 1.24. The maximum Gasteiger partial charge on any atom is 0.253 e. The fraction of sp³-hybridized carbons (Fsp3) is 0.182. The van der Waals surface area contributed by atoms with Crippen molar-refractivity contribution in [1.82, 2.24) is 0 Å². The van der Waals surface area contributed by atoms with Crippen LogP contribution in [-0.2, 0) is 0 Å². The Balaban J connectivity index is 2.82. The predicted molar refractivity (Wildman–Crippen MR) is 62.9 cm³/mol. The number of thioether (sulfide) groups is 1. The topological polar surface area (TPSA) is 30.2 Å². The smallest absolute Gasteiger partial charge is 0.253 e. The number of hydrogen-bond donors (Lipinski definition) is 0. The zero-order chi connectivity index (χ0) is 11.0. The van der Waals surface area contributed by atoms with Crippen molar-refractivity contribution >= 4 is 39.6 Å². The van der Waals surface area contributed by atoms with Gasteiger partial charge in [-0.1, -0.05) is 0 Å². The van der Waals surface area contributed by atoms with Crippen LogP contribution in [-0.4, -0.2) is 11.5 Å². The molecule has 15 heavy (non-hydrogen) atoms. The van der Waals surface area contributed by atoms with Crippen LogP contribution >= 0.6 is 23.4 Å². The molecule has 2 aromatic rings. The number of fused-ring (bicyclic) bond motifs is 1. The lowest BCUT2D eigenvalue weighted by Gasteiger charge is -2.00. The second-order valence-corrected chi connectivity index (χ2v) is 4.38. The van der Waals surface area contributed by atoms with Crippen molar-refractivity contribution in [3.63, 3.8) is 0 Å². The highest BCUT2D eigenvalue weighted by Crippen LogP contribution is 2.32. The van der Waals surface area contributed by atoms with E-state index in [-0.39, 0.29) is 0 Å². The summed E-state index contributed by atoms with van der Waals surface area (Å²) < 4.78 is 5.55. The molecule has 2 rings (SSSR count). The van der Waals surface area contributed by atoms with Crippen molar-refractivity contribution in [2.24, 2.45) is 0 Å². The number of aryl methyl sites for hydroxylation is 1. The lowest BCUT2D eigenvalue weighted by Crippen LogP contribution is -1.89. The molecule has 0 fully saturated rings. The quantitative estimate of drug-likeness (QED) is 0.590. The van der Waals surface area contributed by atoms with E-state index in [1.54, 1.807) is 17.8 Å². The summed E-state index contributed by atoms with van der Waals surface area (Å²) in [5, 5.41) is 0.341. The minimum Gasteiger partial charge on any atom is -0.460 e. The monoisotopic (exact) mass is 240 g/mol. The molecule has 2 nitrogen and oxygen atoms in total. The Morgan fingerprint density at radius 3 is 2.80 bits per heavy atom. The molecule has 1 heterocycles. The molecule has 0 bridgehead atoms. The van der Waals surface area contributed by atoms with Crippen LogP contribution in [0.15, 0.2) is 27.5 Å². The molecule has 4 heteroatoms. The number of carbonyl (C=O) groups is 1. The molecule has 0 aliphatic heterocycles. The van der Waals surface area contributed by atoms with Crippen LogP contribution in [0.4, 0.5) is 0 Å². The summed E-state index contributed by atoms with van der Waals surface area (Å²) in [6, 6.07) is 5.43. The summed E-state index contributed by atoms with van der Waals surface area (Å²) in [4.78, 5) is 12.2. The maximum absolute atomic E-state index is 11.2. The highest BCUT2D eigenvalue weighted by Gasteiger charge is 2.13. The first-order valence-electron chi connectivity index (χ1n) is 4.40. The minimum atomic E-state index is -0.451. The van der Waals surface area contributed by atoms with Gasteiger partial charge in [-0.15, -0.1) is 11.8 Å². The third-order valence-electron chi connectivity index (χ3n) is 2.20. The van der Waals surface area contributed by atoms with Gasteiger partial charge in [-0.05, 0) is 43.0 Å². The van der Waals surface area contributed by atoms with Gasteiger partial charge < -0.3 is 4.42 Å². The van der Waals surface area contributed by atoms with Crippen LogP contribution in [0.1, 0.15) is 16.1 Å². The minimum absolute atomic E-state index is 0.451. The second kappa shape index (κ2) is 3.91. The summed E-state index contributed by atoms with van der Waals surface area (Å²) in [6.45, 7) is 1.85. The molecule has 0 N–H and O–H groups in total. The van der Waals surface area contributed by atoms with E-state index in [0.717, 1.165) is 21.6 Å². The third kappa shape index (κ3) is 1.77. The van der Waals surface area contributed by atoms with Crippen LogP contribution in [0.2, 0.25) is 0 Å². The first kappa shape index (κ1) is 10.6. The fourth-order valence-electron chi connectivity index (χ4n) is 1.55. The highest BCUT2D eigenvalue weighted by atomic mass is 35.5. The number of halogens is 1. The van der Waals surface area contributed by atoms with E-state index in [0.29, 0.717) is 5.56 Å². The molecular weight excluding hydrogens is 232 g/mol. The van der Waals surface area contributed by atoms with Gasteiger partial charge in [0.15, 0.2) is 0 Å². The molecule has 78 valence electrons. The van der Waals surface area contributed by atoms with Gasteiger partial charge in [0.1, 0.15) is 11.3 Å². The van der Waals surface area contributed by atoms with Crippen molar-refractivity contribution in [3.05, 3.63) is 29.5 Å². The fourth-order valence-corrected chi connectivity index (χ4v) is 2.26. The number of furan rings is 1. The number of hydrogen-bond acceptors (Lipinski definition) is 3. The third-order valence-corrected chi connectivity index (χ3v) is 3.17. The summed E-state index contributed by atoms with van der Waals surface area (Å²) in [6.07, 6.45) is 1.97. The summed E-state index contributed by atoms with van der Waals surface area (Å²) in [7, 11) is 0. The Bertz CT molecular complexity index is 531. The molecule has 0 saturated carbocycles. The van der Waals surface area contributed by atoms with Gasteiger partial charge in [-0.25, -0.2) is 0 Å². The van der Waals surface area contributed by atoms with Gasteiger partial charge in [-0.2, -0.15) is 0 Å². The zero-order valence-electron chi connectivity index (χ0n) is 8.33. The van der Waals surface area contributed by atoms with E-state index in [1.807, 2.05) is 25.3 Å². The van der Waals surface area contributed by atoms with Crippen molar-refractivity contribution in [2.45, 2.75) is 11.8 Å². The Labute approximate surface area is 96.6 Å². The molecule has 0 atom stereocenters. The van der Waals surface area contributed by atoms with Crippen LogP contribution in [0.5, 0.6) is 0 Å². The standard InChI is InChI=1S/C11H9ClO2S/c1-6-5-8-7(11(12)13)3-4-9(15-2)10(8)14-6/h3-5H,1-2H3. The summed E-state index contributed by atoms with van der Waals surface area (Å²) in [5.74, 6) is 0.783. The van der Waals surface area contributed by atoms with E-state index >= 15 is 0 Å². The van der Waals surface area contributed by atoms with Gasteiger partial charge in [0, 0.05) is 10.9 Å². The Morgan fingerprint density at radius 1 is 1.47 bits per heavy atom. The average Bonchev–Trinajstić information content (AvgIpc) is 2.56. The molecular formula is C11H9ClO2S. The van der Waals surface area contributed by atoms with E-state index in [2.05, 4.69) is 0 Å². The van der Waals surface area contributed by atoms with Crippen LogP contribution in [0, 0.1) is 6.92 Å². The van der Waals surface area contributed by atoms with Crippen LogP contribution in [0.25, 0.3) is 11.0 Å². The lowest BCUT2D eigenvalue weighted by atomic mass is 10.1. The molecule has 0 radical (unpaired) electrons. The van der Waals surface area contributed by atoms with Crippen molar-refractivity contribution in [3.8, 4) is 0 Å². The first-order chi connectivity index (χ1) is 7.13. The molecule has 0 saturated heterocycles. The van der Waals surface area contributed by atoms with E-state index in [9.17, 15) is 4.79 Å². The molecule has 1 aromatic carbocycles. The van der Waals surface area contributed by atoms with Gasteiger partial charge in [0.2, 0.25) is 0 Å². The van der Waals surface area contributed by atoms with E-state index in [1.165, 1.54) is 0 Å². The molecule has 0 amide bonds. The van der Waals surface area contributed by atoms with Crippen molar-refractivity contribution in [1.29, 1.82) is 0 Å². The predicted octanol–water partition coefficient (Wildman–Crippen LogP) is 3.84. The number of benzene rings is 1. The lowest BCUT2D eigenvalue weighted by molar-refractivity contribution is 0.108. The SMILES string of the molecule is CSc1ccc(C(=O)Cl)c2cc(C)oc12. The maximum atomic E-state index is 11.2. The Hall–Kier alpha value is -0.930. The molecule has 0 aliphatic rings. The highest BCUT2D eigenvalue weighted by molar-refractivity contribution is 7.98. The van der Waals surface area contributed by atoms with E-state index in [4.69, 9.17) is 16.0 Å². The Morgan fingerprint density at radius 2 is 2.20 bits per heavy atom. The molecule has 0 unspecified atom stereocenters. The van der Waals surface area contributed by atoms with Gasteiger partial charge in [0.05, 0.1) is 4.90 Å². The normalized spacial score (nSPS) is 10.9. The molecule has 0 aliphatic carbocycles. The van der Waals surface area contributed by atoms with Crippen molar-refractivity contribution < 1.29 is 9.21 Å².